The first-order valence-electron chi connectivity index (χ1n) is 6.99. The zero-order valence-corrected chi connectivity index (χ0v) is 12.5. The Bertz CT molecular complexity index is 744. The second kappa shape index (κ2) is 5.85. The van der Waals surface area contributed by atoms with Gasteiger partial charge in [-0.15, -0.1) is 0 Å². The van der Waals surface area contributed by atoms with Crippen LogP contribution >= 0.6 is 0 Å². The number of rotatable bonds is 3. The van der Waals surface area contributed by atoms with E-state index in [1.165, 1.54) is 0 Å². The molecule has 2 aromatic rings. The summed E-state index contributed by atoms with van der Waals surface area (Å²) < 4.78 is 5.26. The Kier molecular flexibility index (Phi) is 3.74. The van der Waals surface area contributed by atoms with E-state index in [0.717, 1.165) is 16.8 Å². The Hall–Kier alpha value is -2.88. The number of esters is 1. The molecule has 4 nitrogen and oxygen atoms in total. The van der Waals surface area contributed by atoms with Gasteiger partial charge in [-0.2, -0.15) is 0 Å². The number of ether oxygens (including phenoxy) is 1. The Morgan fingerprint density at radius 2 is 1.68 bits per heavy atom. The van der Waals surface area contributed by atoms with Crippen molar-refractivity contribution in [2.45, 2.75) is 0 Å². The van der Waals surface area contributed by atoms with Crippen molar-refractivity contribution in [3.63, 3.8) is 0 Å². The number of hydrogen-bond donors (Lipinski definition) is 0. The summed E-state index contributed by atoms with van der Waals surface area (Å²) >= 11 is 0. The van der Waals surface area contributed by atoms with Gasteiger partial charge in [0.25, 0.3) is 0 Å². The Labute approximate surface area is 129 Å². The van der Waals surface area contributed by atoms with Crippen LogP contribution in [0.1, 0.15) is 11.1 Å². The molecule has 0 atom stereocenters. The Morgan fingerprint density at radius 3 is 2.32 bits per heavy atom. The van der Waals surface area contributed by atoms with Crippen LogP contribution in [0.2, 0.25) is 0 Å². The minimum atomic E-state index is -0.421. The van der Waals surface area contributed by atoms with E-state index in [2.05, 4.69) is 4.99 Å². The Morgan fingerprint density at radius 1 is 1.00 bits per heavy atom. The van der Waals surface area contributed by atoms with Gasteiger partial charge in [-0.05, 0) is 35.9 Å². The van der Waals surface area contributed by atoms with E-state index in [0.29, 0.717) is 11.6 Å². The zero-order valence-electron chi connectivity index (χ0n) is 12.5. The van der Waals surface area contributed by atoms with E-state index in [1.54, 1.807) is 6.08 Å². The van der Waals surface area contributed by atoms with Crippen LogP contribution in [0.4, 0.5) is 5.69 Å². The van der Waals surface area contributed by atoms with Crippen LogP contribution in [0.15, 0.2) is 65.3 Å². The van der Waals surface area contributed by atoms with E-state index in [9.17, 15) is 4.79 Å². The molecule has 0 N–H and O–H groups in total. The molecule has 3 rings (SSSR count). The third-order valence-electron chi connectivity index (χ3n) is 3.35. The average Bonchev–Trinajstić information content (AvgIpc) is 2.89. The number of nitrogens with zero attached hydrogens (tertiary/aromatic N) is 2. The smallest absolute Gasteiger partial charge is 0.363 e. The van der Waals surface area contributed by atoms with E-state index in [1.807, 2.05) is 73.6 Å². The van der Waals surface area contributed by atoms with Gasteiger partial charge < -0.3 is 9.64 Å². The van der Waals surface area contributed by atoms with Gasteiger partial charge in [0.05, 0.1) is 0 Å². The SMILES string of the molecule is CN(C)c1ccc(C2=N/C(=C/c3ccccc3)C(=O)O2)cc1. The van der Waals surface area contributed by atoms with Crippen LogP contribution in [0.25, 0.3) is 6.08 Å². The summed E-state index contributed by atoms with van der Waals surface area (Å²) in [6.45, 7) is 0. The molecule has 0 bridgehead atoms. The van der Waals surface area contributed by atoms with Crippen molar-refractivity contribution in [3.05, 3.63) is 71.4 Å². The molecule has 1 aliphatic rings. The summed E-state index contributed by atoms with van der Waals surface area (Å²) in [5.41, 5.74) is 3.10. The molecule has 0 fully saturated rings. The molecular weight excluding hydrogens is 276 g/mol. The van der Waals surface area contributed by atoms with Gasteiger partial charge in [-0.1, -0.05) is 30.3 Å². The predicted molar refractivity (Wildman–Crippen MR) is 87.8 cm³/mol. The summed E-state index contributed by atoms with van der Waals surface area (Å²) in [7, 11) is 3.95. The quantitative estimate of drug-likeness (QED) is 0.645. The first-order valence-corrected chi connectivity index (χ1v) is 6.99. The third-order valence-corrected chi connectivity index (χ3v) is 3.35. The van der Waals surface area contributed by atoms with Crippen molar-refractivity contribution in [1.82, 2.24) is 0 Å². The number of aliphatic imine (C=N–C) groups is 1. The van der Waals surface area contributed by atoms with E-state index in [-0.39, 0.29) is 0 Å². The molecule has 0 unspecified atom stereocenters. The molecule has 0 saturated heterocycles. The summed E-state index contributed by atoms with van der Waals surface area (Å²) in [4.78, 5) is 18.2. The van der Waals surface area contributed by atoms with Crippen LogP contribution in [0.3, 0.4) is 0 Å². The van der Waals surface area contributed by atoms with E-state index < -0.39 is 5.97 Å². The first kappa shape index (κ1) is 14.1. The van der Waals surface area contributed by atoms with Crippen LogP contribution in [-0.2, 0) is 9.53 Å². The highest BCUT2D eigenvalue weighted by atomic mass is 16.6. The number of carbonyl (C=O) groups is 1. The topological polar surface area (TPSA) is 41.9 Å². The van der Waals surface area contributed by atoms with Crippen molar-refractivity contribution in [1.29, 1.82) is 0 Å². The number of hydrogen-bond acceptors (Lipinski definition) is 4. The van der Waals surface area contributed by atoms with Gasteiger partial charge in [-0.25, -0.2) is 9.79 Å². The fourth-order valence-electron chi connectivity index (χ4n) is 2.14. The molecule has 4 heteroatoms. The van der Waals surface area contributed by atoms with Crippen LogP contribution in [0, 0.1) is 0 Å². The average molecular weight is 292 g/mol. The normalized spacial score (nSPS) is 15.6. The van der Waals surface area contributed by atoms with E-state index >= 15 is 0 Å². The van der Waals surface area contributed by atoms with Crippen molar-refractivity contribution >= 4 is 23.6 Å². The molecule has 0 aromatic heterocycles. The number of anilines is 1. The van der Waals surface area contributed by atoms with Gasteiger partial charge in [0, 0.05) is 25.3 Å². The highest BCUT2D eigenvalue weighted by molar-refractivity contribution is 6.12. The molecule has 0 aliphatic carbocycles. The first-order chi connectivity index (χ1) is 10.6. The second-order valence-corrected chi connectivity index (χ2v) is 5.19. The maximum atomic E-state index is 11.9. The fraction of sp³-hybridized carbons (Fsp3) is 0.111. The monoisotopic (exact) mass is 292 g/mol. The second-order valence-electron chi connectivity index (χ2n) is 5.19. The van der Waals surface area contributed by atoms with Gasteiger partial charge in [0.15, 0.2) is 5.70 Å². The molecule has 0 saturated carbocycles. The maximum absolute atomic E-state index is 11.9. The number of benzene rings is 2. The van der Waals surface area contributed by atoms with Crippen LogP contribution in [0.5, 0.6) is 0 Å². The molecular formula is C18H16N2O2. The third kappa shape index (κ3) is 2.91. The van der Waals surface area contributed by atoms with Crippen molar-refractivity contribution < 1.29 is 9.53 Å². The minimum Gasteiger partial charge on any atom is -0.402 e. The molecule has 0 amide bonds. The summed E-state index contributed by atoms with van der Waals surface area (Å²) in [6, 6.07) is 17.3. The van der Waals surface area contributed by atoms with Crippen molar-refractivity contribution in [2.24, 2.45) is 4.99 Å². The lowest BCUT2D eigenvalue weighted by molar-refractivity contribution is -0.129. The standard InChI is InChI=1S/C18H16N2O2/c1-20(2)15-10-8-14(9-11-15)17-19-16(18(21)22-17)12-13-6-4-3-5-7-13/h3-12H,1-2H3/b16-12+. The predicted octanol–water partition coefficient (Wildman–Crippen LogP) is 3.10. The highest BCUT2D eigenvalue weighted by Crippen LogP contribution is 2.20. The van der Waals surface area contributed by atoms with E-state index in [4.69, 9.17) is 4.74 Å². The molecule has 22 heavy (non-hydrogen) atoms. The highest BCUT2D eigenvalue weighted by Gasteiger charge is 2.24. The lowest BCUT2D eigenvalue weighted by atomic mass is 10.2. The lowest BCUT2D eigenvalue weighted by Gasteiger charge is -2.12. The molecule has 0 radical (unpaired) electrons. The molecule has 0 spiro atoms. The number of carbonyl (C=O) groups excluding carboxylic acids is 1. The summed E-state index contributed by atoms with van der Waals surface area (Å²) in [6.07, 6.45) is 1.73. The van der Waals surface area contributed by atoms with Gasteiger partial charge in [0.2, 0.25) is 5.90 Å². The minimum absolute atomic E-state index is 0.317. The fourth-order valence-corrected chi connectivity index (χ4v) is 2.14. The zero-order chi connectivity index (χ0) is 15.5. The lowest BCUT2D eigenvalue weighted by Crippen LogP contribution is -2.09. The Balaban J connectivity index is 1.88. The summed E-state index contributed by atoms with van der Waals surface area (Å²) in [5.74, 6) is -0.0759. The summed E-state index contributed by atoms with van der Waals surface area (Å²) in [5, 5.41) is 0. The molecule has 110 valence electrons. The van der Waals surface area contributed by atoms with Crippen molar-refractivity contribution in [2.75, 3.05) is 19.0 Å². The van der Waals surface area contributed by atoms with Crippen LogP contribution < -0.4 is 4.90 Å². The van der Waals surface area contributed by atoms with Crippen LogP contribution in [-0.4, -0.2) is 26.0 Å². The van der Waals surface area contributed by atoms with Gasteiger partial charge in [-0.3, -0.25) is 0 Å². The van der Waals surface area contributed by atoms with Gasteiger partial charge in [0.1, 0.15) is 0 Å². The maximum Gasteiger partial charge on any atom is 0.363 e. The van der Waals surface area contributed by atoms with Gasteiger partial charge >= 0.3 is 5.97 Å². The molecule has 2 aromatic carbocycles. The molecule has 1 aliphatic heterocycles. The largest absolute Gasteiger partial charge is 0.402 e. The molecule has 1 heterocycles. The van der Waals surface area contributed by atoms with Crippen molar-refractivity contribution in [3.8, 4) is 0 Å². The number of cyclic esters (lactones) is 1.